The predicted molar refractivity (Wildman–Crippen MR) is 96.6 cm³/mol. The van der Waals surface area contributed by atoms with Gasteiger partial charge in [0, 0.05) is 23.2 Å². The number of benzene rings is 2. The number of aliphatic hydroxyl groups is 1. The average molecular weight is 367 g/mol. The van der Waals surface area contributed by atoms with Crippen LogP contribution in [0.3, 0.4) is 0 Å². The molecule has 6 nitrogen and oxygen atoms in total. The molecule has 1 atom stereocenters. The summed E-state index contributed by atoms with van der Waals surface area (Å²) in [5, 5.41) is 21.2. The van der Waals surface area contributed by atoms with E-state index in [0.29, 0.717) is 28.1 Å². The Labute approximate surface area is 152 Å². The summed E-state index contributed by atoms with van der Waals surface area (Å²) >= 11 is 0. The second-order valence-electron chi connectivity index (χ2n) is 6.11. The largest absolute Gasteiger partial charge is 0.380 e. The number of rotatable bonds is 4. The van der Waals surface area contributed by atoms with E-state index < -0.39 is 17.7 Å². The molecule has 0 aliphatic carbocycles. The number of H-pyrrole nitrogens is 1. The third kappa shape index (κ3) is 3.47. The molecule has 0 amide bonds. The van der Waals surface area contributed by atoms with Gasteiger partial charge in [-0.05, 0) is 36.8 Å². The van der Waals surface area contributed by atoms with Crippen molar-refractivity contribution in [2.24, 2.45) is 0 Å². The van der Waals surface area contributed by atoms with Gasteiger partial charge in [0.25, 0.3) is 0 Å². The summed E-state index contributed by atoms with van der Waals surface area (Å²) in [6, 6.07) is 11.3. The van der Waals surface area contributed by atoms with Crippen molar-refractivity contribution in [1.29, 1.82) is 0 Å². The number of aryl methyl sites for hydroxylation is 1. The van der Waals surface area contributed by atoms with Crippen LogP contribution >= 0.6 is 0 Å². The molecule has 0 unspecified atom stereocenters. The molecule has 0 radical (unpaired) electrons. The standard InChI is InChI=1S/C19H15F2N5O/c1-10-8-16(26-25-10)23-18-14-7-6-13(21)9-15(14)22-19(24-18)17(27)11-2-4-12(20)5-3-11/h2-9,17,27H,1H3,(H2,22,23,24,25,26)/t17-/m1/s1. The number of aliphatic hydroxyl groups excluding tert-OH is 1. The lowest BCUT2D eigenvalue weighted by atomic mass is 10.1. The molecule has 2 aromatic carbocycles. The topological polar surface area (TPSA) is 86.7 Å². The number of anilines is 2. The van der Waals surface area contributed by atoms with E-state index in [1.807, 2.05) is 6.92 Å². The highest BCUT2D eigenvalue weighted by atomic mass is 19.1. The zero-order valence-corrected chi connectivity index (χ0v) is 14.2. The Morgan fingerprint density at radius 1 is 1.00 bits per heavy atom. The molecule has 2 heterocycles. The van der Waals surface area contributed by atoms with Crippen LogP contribution in [0.25, 0.3) is 10.9 Å². The molecule has 0 fully saturated rings. The molecule has 8 heteroatoms. The molecule has 3 N–H and O–H groups in total. The summed E-state index contributed by atoms with van der Waals surface area (Å²) in [5.74, 6) is 0.102. The highest BCUT2D eigenvalue weighted by Crippen LogP contribution is 2.28. The van der Waals surface area contributed by atoms with Gasteiger partial charge in [0.2, 0.25) is 0 Å². The molecule has 27 heavy (non-hydrogen) atoms. The molecule has 136 valence electrons. The number of hydrogen-bond acceptors (Lipinski definition) is 5. The Morgan fingerprint density at radius 2 is 1.74 bits per heavy atom. The first-order valence-corrected chi connectivity index (χ1v) is 8.19. The minimum absolute atomic E-state index is 0.0643. The van der Waals surface area contributed by atoms with Gasteiger partial charge in [-0.2, -0.15) is 5.10 Å². The summed E-state index contributed by atoms with van der Waals surface area (Å²) in [5.41, 5.74) is 1.61. The lowest BCUT2D eigenvalue weighted by Gasteiger charge is -2.14. The van der Waals surface area contributed by atoms with Crippen LogP contribution in [0, 0.1) is 18.6 Å². The zero-order valence-electron chi connectivity index (χ0n) is 14.2. The smallest absolute Gasteiger partial charge is 0.164 e. The van der Waals surface area contributed by atoms with Crippen LogP contribution in [-0.4, -0.2) is 25.3 Å². The fourth-order valence-corrected chi connectivity index (χ4v) is 2.74. The van der Waals surface area contributed by atoms with Crippen LogP contribution in [-0.2, 0) is 0 Å². The normalized spacial score (nSPS) is 12.3. The summed E-state index contributed by atoms with van der Waals surface area (Å²) < 4.78 is 26.8. The Bertz CT molecular complexity index is 1110. The van der Waals surface area contributed by atoms with Crippen LogP contribution < -0.4 is 5.32 Å². The summed E-state index contributed by atoms with van der Waals surface area (Å²) in [6.07, 6.45) is -1.19. The van der Waals surface area contributed by atoms with Gasteiger partial charge in [-0.15, -0.1) is 0 Å². The molecule has 2 aromatic heterocycles. The van der Waals surface area contributed by atoms with Crippen molar-refractivity contribution >= 4 is 22.5 Å². The molecule has 4 aromatic rings. The van der Waals surface area contributed by atoms with E-state index in [-0.39, 0.29) is 5.82 Å². The second-order valence-corrected chi connectivity index (χ2v) is 6.11. The van der Waals surface area contributed by atoms with E-state index in [4.69, 9.17) is 0 Å². The molecular weight excluding hydrogens is 352 g/mol. The molecule has 0 aliphatic rings. The number of fused-ring (bicyclic) bond motifs is 1. The zero-order chi connectivity index (χ0) is 19.0. The quantitative estimate of drug-likeness (QED) is 0.511. The minimum Gasteiger partial charge on any atom is -0.380 e. The van der Waals surface area contributed by atoms with Gasteiger partial charge in [-0.3, -0.25) is 5.10 Å². The third-order valence-electron chi connectivity index (χ3n) is 4.06. The Hall–Kier alpha value is -3.39. The van der Waals surface area contributed by atoms with Crippen LogP contribution in [0.5, 0.6) is 0 Å². The fourth-order valence-electron chi connectivity index (χ4n) is 2.74. The van der Waals surface area contributed by atoms with Gasteiger partial charge in [-0.25, -0.2) is 18.7 Å². The molecule has 0 bridgehead atoms. The van der Waals surface area contributed by atoms with Crippen LogP contribution in [0.15, 0.2) is 48.5 Å². The van der Waals surface area contributed by atoms with Crippen molar-refractivity contribution in [2.75, 3.05) is 5.32 Å². The lowest BCUT2D eigenvalue weighted by molar-refractivity contribution is 0.210. The Kier molecular flexibility index (Phi) is 4.25. The van der Waals surface area contributed by atoms with E-state index in [1.54, 1.807) is 12.1 Å². The van der Waals surface area contributed by atoms with Gasteiger partial charge in [0.1, 0.15) is 23.6 Å². The van der Waals surface area contributed by atoms with Crippen molar-refractivity contribution in [3.05, 3.63) is 77.2 Å². The Balaban J connectivity index is 1.81. The van der Waals surface area contributed by atoms with E-state index in [0.717, 1.165) is 5.69 Å². The Morgan fingerprint density at radius 3 is 2.44 bits per heavy atom. The van der Waals surface area contributed by atoms with Gasteiger partial charge >= 0.3 is 0 Å². The SMILES string of the molecule is Cc1cc(Nc2nc([C@H](O)c3ccc(F)cc3)nc3cc(F)ccc23)n[nH]1. The highest BCUT2D eigenvalue weighted by molar-refractivity contribution is 5.90. The minimum atomic E-state index is -1.19. The van der Waals surface area contributed by atoms with Crippen molar-refractivity contribution in [2.45, 2.75) is 13.0 Å². The van der Waals surface area contributed by atoms with E-state index in [2.05, 4.69) is 25.5 Å². The maximum absolute atomic E-state index is 13.7. The first-order valence-electron chi connectivity index (χ1n) is 8.19. The van der Waals surface area contributed by atoms with Crippen molar-refractivity contribution in [3.63, 3.8) is 0 Å². The van der Waals surface area contributed by atoms with Crippen LogP contribution in [0.4, 0.5) is 20.4 Å². The maximum atomic E-state index is 13.7. The molecule has 0 spiro atoms. The van der Waals surface area contributed by atoms with Crippen molar-refractivity contribution < 1.29 is 13.9 Å². The first kappa shape index (κ1) is 17.0. The molecular formula is C19H15F2N5O. The number of halogens is 2. The number of aromatic nitrogens is 4. The van der Waals surface area contributed by atoms with Gasteiger partial charge in [0.15, 0.2) is 11.6 Å². The fraction of sp³-hybridized carbons (Fsp3) is 0.105. The van der Waals surface area contributed by atoms with Crippen LogP contribution in [0.1, 0.15) is 23.2 Å². The van der Waals surface area contributed by atoms with E-state index in [9.17, 15) is 13.9 Å². The van der Waals surface area contributed by atoms with E-state index in [1.165, 1.54) is 36.4 Å². The van der Waals surface area contributed by atoms with Gasteiger partial charge < -0.3 is 10.4 Å². The predicted octanol–water partition coefficient (Wildman–Crippen LogP) is 3.76. The molecule has 0 saturated carbocycles. The molecule has 0 aliphatic heterocycles. The summed E-state index contributed by atoms with van der Waals surface area (Å²) in [6.45, 7) is 1.86. The van der Waals surface area contributed by atoms with Gasteiger partial charge in [-0.1, -0.05) is 12.1 Å². The number of hydrogen-bond donors (Lipinski definition) is 3. The van der Waals surface area contributed by atoms with E-state index >= 15 is 0 Å². The molecule has 4 rings (SSSR count). The number of nitrogens with one attached hydrogen (secondary N) is 2. The first-order chi connectivity index (χ1) is 13.0. The van der Waals surface area contributed by atoms with Gasteiger partial charge in [0.05, 0.1) is 5.52 Å². The van der Waals surface area contributed by atoms with Crippen molar-refractivity contribution in [3.8, 4) is 0 Å². The lowest BCUT2D eigenvalue weighted by Crippen LogP contribution is -2.08. The summed E-state index contributed by atoms with van der Waals surface area (Å²) in [7, 11) is 0. The van der Waals surface area contributed by atoms with Crippen LogP contribution in [0.2, 0.25) is 0 Å². The molecule has 0 saturated heterocycles. The maximum Gasteiger partial charge on any atom is 0.164 e. The third-order valence-corrected chi connectivity index (χ3v) is 4.06. The highest BCUT2D eigenvalue weighted by Gasteiger charge is 2.18. The number of nitrogens with zero attached hydrogens (tertiary/aromatic N) is 3. The monoisotopic (exact) mass is 367 g/mol. The average Bonchev–Trinajstić information content (AvgIpc) is 3.06. The summed E-state index contributed by atoms with van der Waals surface area (Å²) in [4.78, 5) is 8.67. The second kappa shape index (κ2) is 6.73. The van der Waals surface area contributed by atoms with Crippen molar-refractivity contribution in [1.82, 2.24) is 20.2 Å². The number of aromatic amines is 1.